The summed E-state index contributed by atoms with van der Waals surface area (Å²) in [6.45, 7) is 5.51. The monoisotopic (exact) mass is 472 g/mol. The number of aryl methyl sites for hydroxylation is 1. The molecule has 1 saturated carbocycles. The molecule has 3 rings (SSSR count). The Labute approximate surface area is 200 Å². The van der Waals surface area contributed by atoms with Gasteiger partial charge in [-0.1, -0.05) is 31.6 Å². The summed E-state index contributed by atoms with van der Waals surface area (Å²) in [5.74, 6) is -0.670. The lowest BCUT2D eigenvalue weighted by Crippen LogP contribution is -2.27. The Balaban J connectivity index is 1.74. The zero-order valence-electron chi connectivity index (χ0n) is 19.7. The van der Waals surface area contributed by atoms with Crippen molar-refractivity contribution < 1.29 is 18.3 Å². The number of allylic oxidation sites excluding steroid dienone is 2. The van der Waals surface area contributed by atoms with E-state index >= 15 is 0 Å². The molecule has 0 atom stereocenters. The van der Waals surface area contributed by atoms with E-state index in [1.54, 1.807) is 17.8 Å². The second-order valence-electron chi connectivity index (χ2n) is 8.70. The van der Waals surface area contributed by atoms with Gasteiger partial charge in [0.15, 0.2) is 5.78 Å². The van der Waals surface area contributed by atoms with Crippen LogP contribution in [0.5, 0.6) is 0 Å². The highest BCUT2D eigenvalue weighted by Gasteiger charge is 2.38. The number of hydrogen-bond donors (Lipinski definition) is 0. The molecule has 0 heterocycles. The summed E-state index contributed by atoms with van der Waals surface area (Å²) < 4.78 is 33.9. The third-order valence-electron chi connectivity index (χ3n) is 6.19. The normalized spacial score (nSPS) is 18.4. The molecule has 1 aliphatic carbocycles. The van der Waals surface area contributed by atoms with E-state index in [4.69, 9.17) is 4.74 Å². The summed E-state index contributed by atoms with van der Waals surface area (Å²) in [5.41, 5.74) is 2.77. The maximum atomic E-state index is 14.9. The highest BCUT2D eigenvalue weighted by molar-refractivity contribution is 8.00. The summed E-state index contributed by atoms with van der Waals surface area (Å²) in [4.78, 5) is 13.4. The second-order valence-corrected chi connectivity index (χ2v) is 10.2. The van der Waals surface area contributed by atoms with E-state index in [0.29, 0.717) is 44.3 Å². The Morgan fingerprint density at radius 3 is 2.45 bits per heavy atom. The van der Waals surface area contributed by atoms with Gasteiger partial charge in [0.25, 0.3) is 0 Å². The summed E-state index contributed by atoms with van der Waals surface area (Å²) in [6, 6.07) is 12.1. The molecule has 2 nitrogen and oxygen atoms in total. The molecule has 2 aromatic carbocycles. The van der Waals surface area contributed by atoms with Crippen LogP contribution in [-0.4, -0.2) is 19.0 Å². The molecule has 178 valence electrons. The van der Waals surface area contributed by atoms with Gasteiger partial charge in [-0.3, -0.25) is 4.79 Å². The first-order valence-corrected chi connectivity index (χ1v) is 12.8. The van der Waals surface area contributed by atoms with E-state index in [2.05, 4.69) is 38.1 Å². The molecule has 0 aliphatic heterocycles. The fraction of sp³-hybridized carbons (Fsp3) is 0.464. The number of carbonyl (C=O) groups is 1. The highest BCUT2D eigenvalue weighted by atomic mass is 32.2. The standard InChI is InChI=1S/C28H34F2O2S/c1-3-17-32-18-5-6-24(31)19-22-13-15-28(16-14-22,26-20-23(29)9-12-27(26)30)33-25-10-7-21(4-2)8-11-25/h7-12,19-20H,3-6,13-18H2,1-2H3. The van der Waals surface area contributed by atoms with Crippen LogP contribution < -0.4 is 0 Å². The average molecular weight is 473 g/mol. The van der Waals surface area contributed by atoms with Gasteiger partial charge >= 0.3 is 0 Å². The molecular formula is C28H34F2O2S. The maximum Gasteiger partial charge on any atom is 0.155 e. The smallest absolute Gasteiger partial charge is 0.155 e. The predicted octanol–water partition coefficient (Wildman–Crippen LogP) is 7.79. The zero-order chi connectivity index (χ0) is 23.7. The van der Waals surface area contributed by atoms with Crippen LogP contribution in [0, 0.1) is 11.6 Å². The SMILES string of the molecule is CCCOCCCC(=O)C=C1CCC(Sc2ccc(CC)cc2)(c2cc(F)ccc2F)CC1. The third kappa shape index (κ3) is 7.25. The van der Waals surface area contributed by atoms with Gasteiger partial charge in [-0.15, -0.1) is 11.8 Å². The minimum Gasteiger partial charge on any atom is -0.381 e. The number of ketones is 1. The van der Waals surface area contributed by atoms with Gasteiger partial charge in [-0.05, 0) is 86.9 Å². The van der Waals surface area contributed by atoms with Crippen molar-refractivity contribution in [1.82, 2.24) is 0 Å². The first kappa shape index (κ1) is 25.6. The van der Waals surface area contributed by atoms with Crippen molar-refractivity contribution in [1.29, 1.82) is 0 Å². The molecule has 2 aromatic rings. The van der Waals surface area contributed by atoms with Crippen LogP contribution in [0.1, 0.15) is 69.9 Å². The summed E-state index contributed by atoms with van der Waals surface area (Å²) in [6.07, 6.45) is 7.64. The van der Waals surface area contributed by atoms with Crippen molar-refractivity contribution in [3.63, 3.8) is 0 Å². The lowest BCUT2D eigenvalue weighted by Gasteiger charge is -2.38. The van der Waals surface area contributed by atoms with E-state index in [1.807, 2.05) is 0 Å². The summed E-state index contributed by atoms with van der Waals surface area (Å²) in [5, 5.41) is 0. The van der Waals surface area contributed by atoms with Crippen LogP contribution in [0.25, 0.3) is 0 Å². The van der Waals surface area contributed by atoms with Crippen LogP contribution in [0.3, 0.4) is 0 Å². The number of hydrogen-bond acceptors (Lipinski definition) is 3. The van der Waals surface area contributed by atoms with Gasteiger partial charge < -0.3 is 4.74 Å². The summed E-state index contributed by atoms with van der Waals surface area (Å²) >= 11 is 1.61. The number of thioether (sulfide) groups is 1. The minimum absolute atomic E-state index is 0.123. The fourth-order valence-corrected chi connectivity index (χ4v) is 5.70. The van der Waals surface area contributed by atoms with Crippen LogP contribution in [-0.2, 0) is 20.7 Å². The summed E-state index contributed by atoms with van der Waals surface area (Å²) in [7, 11) is 0. The quantitative estimate of drug-likeness (QED) is 0.247. The minimum atomic E-state index is -0.561. The zero-order valence-corrected chi connectivity index (χ0v) is 20.5. The topological polar surface area (TPSA) is 26.3 Å². The van der Waals surface area contributed by atoms with Gasteiger partial charge in [-0.25, -0.2) is 8.78 Å². The van der Waals surface area contributed by atoms with E-state index < -0.39 is 10.6 Å². The predicted molar refractivity (Wildman–Crippen MR) is 132 cm³/mol. The van der Waals surface area contributed by atoms with Crippen molar-refractivity contribution in [2.45, 2.75) is 74.9 Å². The largest absolute Gasteiger partial charge is 0.381 e. The molecule has 5 heteroatoms. The number of carbonyl (C=O) groups excluding carboxylic acids is 1. The number of halogens is 2. The van der Waals surface area contributed by atoms with Crippen LogP contribution in [0.15, 0.2) is 59.0 Å². The Hall–Kier alpha value is -1.98. The highest BCUT2D eigenvalue weighted by Crippen LogP contribution is 2.53. The molecular weight excluding hydrogens is 438 g/mol. The number of ether oxygens (including phenoxy) is 1. The Morgan fingerprint density at radius 2 is 1.79 bits per heavy atom. The first-order chi connectivity index (χ1) is 16.0. The van der Waals surface area contributed by atoms with Gasteiger partial charge in [0.1, 0.15) is 11.6 Å². The molecule has 0 N–H and O–H groups in total. The van der Waals surface area contributed by atoms with Gasteiger partial charge in [0.05, 0.1) is 0 Å². The first-order valence-electron chi connectivity index (χ1n) is 12.0. The Kier molecular flexibility index (Phi) is 9.69. The van der Waals surface area contributed by atoms with Gasteiger partial charge in [0.2, 0.25) is 0 Å². The van der Waals surface area contributed by atoms with E-state index in [1.165, 1.54) is 23.8 Å². The van der Waals surface area contributed by atoms with Crippen molar-refractivity contribution in [2.75, 3.05) is 13.2 Å². The molecule has 1 fully saturated rings. The molecule has 0 spiro atoms. The molecule has 1 aliphatic rings. The average Bonchev–Trinajstić information content (AvgIpc) is 2.82. The molecule has 0 bridgehead atoms. The van der Waals surface area contributed by atoms with Crippen LogP contribution in [0.2, 0.25) is 0 Å². The maximum absolute atomic E-state index is 14.9. The molecule has 0 unspecified atom stereocenters. The number of rotatable bonds is 11. The Bertz CT molecular complexity index is 943. The fourth-order valence-electron chi connectivity index (χ4n) is 4.31. The Morgan fingerprint density at radius 1 is 1.06 bits per heavy atom. The van der Waals surface area contributed by atoms with Crippen molar-refractivity contribution in [3.8, 4) is 0 Å². The van der Waals surface area contributed by atoms with E-state index in [-0.39, 0.29) is 11.6 Å². The molecule has 0 radical (unpaired) electrons. The number of benzene rings is 2. The lowest BCUT2D eigenvalue weighted by molar-refractivity contribution is -0.115. The molecule has 0 saturated heterocycles. The van der Waals surface area contributed by atoms with Gasteiger partial charge in [0, 0.05) is 34.8 Å². The van der Waals surface area contributed by atoms with Crippen LogP contribution in [0.4, 0.5) is 8.78 Å². The molecule has 0 aromatic heterocycles. The second kappa shape index (κ2) is 12.5. The third-order valence-corrected chi connectivity index (χ3v) is 7.72. The van der Waals surface area contributed by atoms with E-state index in [9.17, 15) is 13.6 Å². The van der Waals surface area contributed by atoms with Crippen molar-refractivity contribution >= 4 is 17.5 Å². The van der Waals surface area contributed by atoms with E-state index in [0.717, 1.165) is 36.3 Å². The van der Waals surface area contributed by atoms with Crippen LogP contribution >= 0.6 is 11.8 Å². The van der Waals surface area contributed by atoms with Crippen molar-refractivity contribution in [3.05, 3.63) is 76.9 Å². The lowest BCUT2D eigenvalue weighted by atomic mass is 9.80. The molecule has 0 amide bonds. The molecule has 33 heavy (non-hydrogen) atoms. The van der Waals surface area contributed by atoms with Gasteiger partial charge in [-0.2, -0.15) is 0 Å². The van der Waals surface area contributed by atoms with Crippen molar-refractivity contribution in [2.24, 2.45) is 0 Å².